The van der Waals surface area contributed by atoms with Crippen LogP contribution in [-0.2, 0) is 4.79 Å². The fourth-order valence-corrected chi connectivity index (χ4v) is 3.02. The topological polar surface area (TPSA) is 56.4 Å². The van der Waals surface area contributed by atoms with E-state index in [1.165, 1.54) is 12.8 Å². The van der Waals surface area contributed by atoms with Crippen molar-refractivity contribution in [3.05, 3.63) is 30.3 Å². The molecule has 100 valence electrons. The van der Waals surface area contributed by atoms with Crippen LogP contribution < -0.4 is 21.1 Å². The van der Waals surface area contributed by atoms with Gasteiger partial charge in [0, 0.05) is 6.54 Å². The maximum atomic E-state index is 12.2. The van der Waals surface area contributed by atoms with Gasteiger partial charge < -0.3 is 5.32 Å². The van der Waals surface area contributed by atoms with E-state index in [4.69, 9.17) is 0 Å². The Labute approximate surface area is 112 Å². The molecule has 3 aliphatic rings. The van der Waals surface area contributed by atoms with E-state index in [1.54, 1.807) is 0 Å². The normalized spacial score (nSPS) is 34.0. The third kappa shape index (κ3) is 1.89. The van der Waals surface area contributed by atoms with E-state index in [0.717, 1.165) is 5.69 Å². The number of anilines is 1. The number of carbonyl (C=O) groups excluding carboxylic acids is 1. The largest absolute Gasteiger partial charge is 0.340 e. The summed E-state index contributed by atoms with van der Waals surface area (Å²) < 4.78 is 0. The number of hydrogen-bond acceptors (Lipinski definition) is 4. The van der Waals surface area contributed by atoms with Crippen molar-refractivity contribution >= 4 is 11.6 Å². The van der Waals surface area contributed by atoms with Gasteiger partial charge in [0.25, 0.3) is 0 Å². The minimum Gasteiger partial charge on any atom is -0.340 e. The second-order valence-corrected chi connectivity index (χ2v) is 5.61. The van der Waals surface area contributed by atoms with Gasteiger partial charge in [-0.3, -0.25) is 15.1 Å². The number of carbonyl (C=O) groups is 1. The fraction of sp³-hybridized carbons (Fsp3) is 0.500. The molecule has 0 spiro atoms. The minimum atomic E-state index is -0.0183. The van der Waals surface area contributed by atoms with Gasteiger partial charge >= 0.3 is 0 Å². The summed E-state index contributed by atoms with van der Waals surface area (Å²) in [6.45, 7) is 0.690. The molecule has 3 unspecified atom stereocenters. The summed E-state index contributed by atoms with van der Waals surface area (Å²) >= 11 is 0. The van der Waals surface area contributed by atoms with Crippen molar-refractivity contribution in [2.24, 2.45) is 11.8 Å². The van der Waals surface area contributed by atoms with Crippen LogP contribution in [0.25, 0.3) is 0 Å². The second kappa shape index (κ2) is 4.21. The highest BCUT2D eigenvalue weighted by molar-refractivity contribution is 5.82. The molecule has 1 aromatic carbocycles. The van der Waals surface area contributed by atoms with E-state index >= 15 is 0 Å². The Kier molecular flexibility index (Phi) is 2.50. The van der Waals surface area contributed by atoms with E-state index in [9.17, 15) is 4.79 Å². The molecule has 2 heterocycles. The van der Waals surface area contributed by atoms with E-state index in [1.807, 2.05) is 18.2 Å². The lowest BCUT2D eigenvalue weighted by molar-refractivity contribution is -0.128. The van der Waals surface area contributed by atoms with Gasteiger partial charge in [-0.2, -0.15) is 0 Å². The van der Waals surface area contributed by atoms with Crippen molar-refractivity contribution in [1.29, 1.82) is 0 Å². The summed E-state index contributed by atoms with van der Waals surface area (Å²) in [6, 6.07) is 10.2. The molecule has 1 saturated carbocycles. The molecule has 4 rings (SSSR count). The van der Waals surface area contributed by atoms with Crippen molar-refractivity contribution in [3.8, 4) is 0 Å². The molecule has 1 aromatic rings. The van der Waals surface area contributed by atoms with Crippen molar-refractivity contribution in [2.75, 3.05) is 11.6 Å². The average Bonchev–Trinajstić information content (AvgIpc) is 3.20. The van der Waals surface area contributed by atoms with Crippen molar-refractivity contribution in [3.63, 3.8) is 0 Å². The molecule has 2 aliphatic heterocycles. The summed E-state index contributed by atoms with van der Waals surface area (Å²) in [7, 11) is 0. The van der Waals surface area contributed by atoms with Gasteiger partial charge in [0.2, 0.25) is 5.91 Å². The summed E-state index contributed by atoms with van der Waals surface area (Å²) in [5, 5.41) is 8.79. The SMILES string of the molecule is O=C1NC(C2CC2)NC2C1CNN2c1ccccc1. The zero-order valence-electron chi connectivity index (χ0n) is 10.7. The lowest BCUT2D eigenvalue weighted by Crippen LogP contribution is -2.64. The number of hydrazine groups is 1. The lowest BCUT2D eigenvalue weighted by atomic mass is 10.0. The number of benzene rings is 1. The number of para-hydroxylation sites is 1. The molecule has 0 aromatic heterocycles. The van der Waals surface area contributed by atoms with Crippen LogP contribution in [0.4, 0.5) is 5.69 Å². The molecule has 1 aliphatic carbocycles. The van der Waals surface area contributed by atoms with E-state index in [0.29, 0.717) is 12.5 Å². The van der Waals surface area contributed by atoms with Gasteiger partial charge in [-0.05, 0) is 30.9 Å². The van der Waals surface area contributed by atoms with Crippen molar-refractivity contribution in [1.82, 2.24) is 16.1 Å². The van der Waals surface area contributed by atoms with Gasteiger partial charge in [-0.15, -0.1) is 0 Å². The van der Waals surface area contributed by atoms with Crippen LogP contribution >= 0.6 is 0 Å². The molecule has 0 bridgehead atoms. The first-order chi connectivity index (χ1) is 9.33. The number of rotatable bonds is 2. The van der Waals surface area contributed by atoms with Crippen LogP contribution in [0.5, 0.6) is 0 Å². The van der Waals surface area contributed by atoms with Gasteiger partial charge in [-0.25, -0.2) is 5.43 Å². The van der Waals surface area contributed by atoms with Crippen LogP contribution in [0, 0.1) is 11.8 Å². The van der Waals surface area contributed by atoms with Crippen LogP contribution in [0.1, 0.15) is 12.8 Å². The average molecular weight is 258 g/mol. The second-order valence-electron chi connectivity index (χ2n) is 5.61. The first-order valence-corrected chi connectivity index (χ1v) is 6.97. The van der Waals surface area contributed by atoms with Crippen LogP contribution in [-0.4, -0.2) is 24.8 Å². The van der Waals surface area contributed by atoms with Crippen LogP contribution in [0.3, 0.4) is 0 Å². The quantitative estimate of drug-likeness (QED) is 0.719. The molecule has 5 heteroatoms. The highest BCUT2D eigenvalue weighted by Gasteiger charge is 2.47. The molecule has 3 atom stereocenters. The Hall–Kier alpha value is -1.59. The number of fused-ring (bicyclic) bond motifs is 1. The Balaban J connectivity index is 1.59. The number of hydrogen-bond donors (Lipinski definition) is 3. The van der Waals surface area contributed by atoms with Gasteiger partial charge in [0.1, 0.15) is 6.17 Å². The predicted octanol–water partition coefficient (Wildman–Crippen LogP) is 0.409. The Morgan fingerprint density at radius 1 is 1.16 bits per heavy atom. The Bertz CT molecular complexity index is 487. The molecule has 1 amide bonds. The van der Waals surface area contributed by atoms with E-state index in [-0.39, 0.29) is 24.2 Å². The molecular formula is C14H18N4O. The molecule has 0 radical (unpaired) electrons. The van der Waals surface area contributed by atoms with Crippen LogP contribution in [0.2, 0.25) is 0 Å². The molecule has 3 N–H and O–H groups in total. The highest BCUT2D eigenvalue weighted by atomic mass is 16.2. The predicted molar refractivity (Wildman–Crippen MR) is 72.0 cm³/mol. The maximum Gasteiger partial charge on any atom is 0.229 e. The number of nitrogens with zero attached hydrogens (tertiary/aromatic N) is 1. The van der Waals surface area contributed by atoms with Crippen molar-refractivity contribution < 1.29 is 4.79 Å². The van der Waals surface area contributed by atoms with Crippen LogP contribution in [0.15, 0.2) is 30.3 Å². The molecule has 3 fully saturated rings. The number of nitrogens with one attached hydrogen (secondary N) is 3. The van der Waals surface area contributed by atoms with Crippen molar-refractivity contribution in [2.45, 2.75) is 25.2 Å². The maximum absolute atomic E-state index is 12.2. The molecule has 2 saturated heterocycles. The summed E-state index contributed by atoms with van der Waals surface area (Å²) in [5.41, 5.74) is 4.44. The Morgan fingerprint density at radius 2 is 1.95 bits per heavy atom. The highest BCUT2D eigenvalue weighted by Crippen LogP contribution is 2.35. The first kappa shape index (κ1) is 11.3. The summed E-state index contributed by atoms with van der Waals surface area (Å²) in [4.78, 5) is 12.2. The Morgan fingerprint density at radius 3 is 2.68 bits per heavy atom. The van der Waals surface area contributed by atoms with E-state index in [2.05, 4.69) is 33.2 Å². The zero-order valence-corrected chi connectivity index (χ0v) is 10.7. The van der Waals surface area contributed by atoms with Gasteiger partial charge in [-0.1, -0.05) is 18.2 Å². The number of amides is 1. The third-order valence-electron chi connectivity index (χ3n) is 4.25. The standard InChI is InChI=1S/C14H18N4O/c19-14-11-8-15-18(10-4-2-1-3-5-10)13(11)16-12(17-14)9-6-7-9/h1-5,9,11-13,15-16H,6-8H2,(H,17,19). The molecule has 5 nitrogen and oxygen atoms in total. The minimum absolute atomic E-state index is 0.0183. The molecular weight excluding hydrogens is 240 g/mol. The van der Waals surface area contributed by atoms with Gasteiger partial charge in [0.15, 0.2) is 0 Å². The zero-order chi connectivity index (χ0) is 12.8. The monoisotopic (exact) mass is 258 g/mol. The summed E-state index contributed by atoms with van der Waals surface area (Å²) in [5.74, 6) is 0.768. The third-order valence-corrected chi connectivity index (χ3v) is 4.25. The first-order valence-electron chi connectivity index (χ1n) is 6.97. The lowest BCUT2D eigenvalue weighted by Gasteiger charge is -2.37. The summed E-state index contributed by atoms with van der Waals surface area (Å²) in [6.07, 6.45) is 2.63. The van der Waals surface area contributed by atoms with E-state index < -0.39 is 0 Å². The smallest absolute Gasteiger partial charge is 0.229 e. The molecule has 19 heavy (non-hydrogen) atoms. The fourth-order valence-electron chi connectivity index (χ4n) is 3.02. The van der Waals surface area contributed by atoms with Gasteiger partial charge in [0.05, 0.1) is 17.8 Å².